The second kappa shape index (κ2) is 16.7. The first-order chi connectivity index (χ1) is 10.3. The highest BCUT2D eigenvalue weighted by atomic mass is 16.1. The van der Waals surface area contributed by atoms with Gasteiger partial charge in [-0.15, -0.1) is 0 Å². The Morgan fingerprint density at radius 1 is 0.810 bits per heavy atom. The Morgan fingerprint density at radius 3 is 1.86 bits per heavy atom. The lowest BCUT2D eigenvalue weighted by Crippen LogP contribution is -2.16. The van der Waals surface area contributed by atoms with E-state index in [1.54, 1.807) is 7.05 Å². The van der Waals surface area contributed by atoms with Crippen LogP contribution in [0, 0.1) is 0 Å². The van der Waals surface area contributed by atoms with Gasteiger partial charge in [0.05, 0.1) is 0 Å². The summed E-state index contributed by atoms with van der Waals surface area (Å²) in [5.41, 5.74) is 0. The number of carbonyl (C=O) groups excluding carboxylic acids is 1. The minimum atomic E-state index is 0.143. The predicted molar refractivity (Wildman–Crippen MR) is 93.3 cm³/mol. The SMILES string of the molecule is CCCCC/C=C\C/C=C\C/C=C\CCCCC(=O)NC. The van der Waals surface area contributed by atoms with Gasteiger partial charge in [-0.1, -0.05) is 56.2 Å². The third-order valence-corrected chi connectivity index (χ3v) is 3.32. The van der Waals surface area contributed by atoms with Gasteiger partial charge in [0.25, 0.3) is 0 Å². The van der Waals surface area contributed by atoms with Crippen molar-refractivity contribution < 1.29 is 4.79 Å². The second-order valence-electron chi connectivity index (χ2n) is 5.30. The monoisotopic (exact) mass is 291 g/mol. The smallest absolute Gasteiger partial charge is 0.219 e. The summed E-state index contributed by atoms with van der Waals surface area (Å²) < 4.78 is 0. The van der Waals surface area contributed by atoms with Gasteiger partial charge in [-0.2, -0.15) is 0 Å². The standard InChI is InChI=1S/C19H33NO/c1-3-4-5-6-7-8-9-10-11-12-13-14-15-16-17-18-19(21)20-2/h7-8,10-11,13-14H,3-6,9,12,15-18H2,1-2H3,(H,20,21)/b8-7-,11-10-,14-13-. The van der Waals surface area contributed by atoms with E-state index >= 15 is 0 Å². The largest absolute Gasteiger partial charge is 0.359 e. The molecule has 0 aromatic carbocycles. The molecule has 1 N–H and O–H groups in total. The lowest BCUT2D eigenvalue weighted by atomic mass is 10.1. The molecule has 0 aromatic rings. The molecular weight excluding hydrogens is 258 g/mol. The quantitative estimate of drug-likeness (QED) is 0.361. The number of allylic oxidation sites excluding steroid dienone is 6. The van der Waals surface area contributed by atoms with E-state index < -0.39 is 0 Å². The fourth-order valence-corrected chi connectivity index (χ4v) is 1.96. The van der Waals surface area contributed by atoms with Crippen molar-refractivity contribution in [3.63, 3.8) is 0 Å². The van der Waals surface area contributed by atoms with Gasteiger partial charge in [-0.3, -0.25) is 4.79 Å². The van der Waals surface area contributed by atoms with E-state index in [4.69, 9.17) is 0 Å². The molecule has 0 heterocycles. The van der Waals surface area contributed by atoms with Crippen LogP contribution in [0.25, 0.3) is 0 Å². The summed E-state index contributed by atoms with van der Waals surface area (Å²) in [4.78, 5) is 11.0. The Kier molecular flexibility index (Phi) is 15.7. The third kappa shape index (κ3) is 16.6. The van der Waals surface area contributed by atoms with Gasteiger partial charge >= 0.3 is 0 Å². The van der Waals surface area contributed by atoms with E-state index in [0.717, 1.165) is 32.1 Å². The Labute approximate surface area is 131 Å². The Morgan fingerprint density at radius 2 is 1.33 bits per heavy atom. The highest BCUT2D eigenvalue weighted by Gasteiger charge is 1.95. The molecule has 2 heteroatoms. The zero-order valence-electron chi connectivity index (χ0n) is 13.9. The fourth-order valence-electron chi connectivity index (χ4n) is 1.96. The average molecular weight is 291 g/mol. The van der Waals surface area contributed by atoms with Crippen LogP contribution in [-0.2, 0) is 4.79 Å². The highest BCUT2D eigenvalue weighted by Crippen LogP contribution is 2.02. The van der Waals surface area contributed by atoms with Crippen LogP contribution in [0.2, 0.25) is 0 Å². The van der Waals surface area contributed by atoms with Crippen LogP contribution >= 0.6 is 0 Å². The maximum atomic E-state index is 11.0. The Bertz CT molecular complexity index is 316. The molecule has 0 atom stereocenters. The van der Waals surface area contributed by atoms with Crippen molar-refractivity contribution in [3.05, 3.63) is 36.5 Å². The molecule has 0 aromatic heterocycles. The Hall–Kier alpha value is -1.31. The maximum Gasteiger partial charge on any atom is 0.219 e. The topological polar surface area (TPSA) is 29.1 Å². The number of unbranched alkanes of at least 4 members (excludes halogenated alkanes) is 5. The molecule has 1 amide bonds. The predicted octanol–water partition coefficient (Wildman–Crippen LogP) is 5.32. The van der Waals surface area contributed by atoms with Crippen LogP contribution in [0.1, 0.15) is 71.1 Å². The number of rotatable bonds is 13. The summed E-state index contributed by atoms with van der Waals surface area (Å²) in [6.45, 7) is 2.24. The van der Waals surface area contributed by atoms with Crippen LogP contribution < -0.4 is 5.32 Å². The zero-order chi connectivity index (χ0) is 15.6. The molecule has 0 saturated heterocycles. The van der Waals surface area contributed by atoms with Crippen molar-refractivity contribution in [2.75, 3.05) is 7.05 Å². The number of hydrogen-bond donors (Lipinski definition) is 1. The lowest BCUT2D eigenvalue weighted by Gasteiger charge is -1.97. The van der Waals surface area contributed by atoms with Crippen molar-refractivity contribution in [2.24, 2.45) is 0 Å². The van der Waals surface area contributed by atoms with E-state index in [1.165, 1.54) is 25.7 Å². The highest BCUT2D eigenvalue weighted by molar-refractivity contribution is 5.75. The minimum absolute atomic E-state index is 0.143. The van der Waals surface area contributed by atoms with Crippen LogP contribution in [0.3, 0.4) is 0 Å². The summed E-state index contributed by atoms with van der Waals surface area (Å²) >= 11 is 0. The molecule has 0 saturated carbocycles. The molecule has 0 fully saturated rings. The molecular formula is C19H33NO. The summed E-state index contributed by atoms with van der Waals surface area (Å²) in [6.07, 6.45) is 24.5. The van der Waals surface area contributed by atoms with Crippen LogP contribution in [0.4, 0.5) is 0 Å². The molecule has 0 unspecified atom stereocenters. The fraction of sp³-hybridized carbons (Fsp3) is 0.632. The first-order valence-corrected chi connectivity index (χ1v) is 8.46. The Balaban J connectivity index is 3.34. The van der Waals surface area contributed by atoms with Gasteiger partial charge in [0.15, 0.2) is 0 Å². The van der Waals surface area contributed by atoms with Gasteiger partial charge < -0.3 is 5.32 Å². The van der Waals surface area contributed by atoms with Crippen LogP contribution in [0.5, 0.6) is 0 Å². The molecule has 120 valence electrons. The minimum Gasteiger partial charge on any atom is -0.359 e. The molecule has 0 aliphatic heterocycles. The van der Waals surface area contributed by atoms with Gasteiger partial charge in [0.1, 0.15) is 0 Å². The summed E-state index contributed by atoms with van der Waals surface area (Å²) in [5.74, 6) is 0.143. The number of amides is 1. The maximum absolute atomic E-state index is 11.0. The summed E-state index contributed by atoms with van der Waals surface area (Å²) in [5, 5.41) is 2.64. The van der Waals surface area contributed by atoms with E-state index in [1.807, 2.05) is 0 Å². The first-order valence-electron chi connectivity index (χ1n) is 8.46. The molecule has 0 rings (SSSR count). The molecule has 2 nitrogen and oxygen atoms in total. The molecule has 0 bridgehead atoms. The zero-order valence-corrected chi connectivity index (χ0v) is 13.9. The lowest BCUT2D eigenvalue weighted by molar-refractivity contribution is -0.120. The van der Waals surface area contributed by atoms with Gasteiger partial charge in [-0.05, 0) is 44.9 Å². The molecule has 0 aliphatic rings. The number of nitrogens with one attached hydrogen (secondary N) is 1. The summed E-state index contributed by atoms with van der Waals surface area (Å²) in [7, 11) is 1.69. The van der Waals surface area contributed by atoms with Crippen LogP contribution in [0.15, 0.2) is 36.5 Å². The van der Waals surface area contributed by atoms with Crippen molar-refractivity contribution in [2.45, 2.75) is 71.1 Å². The van der Waals surface area contributed by atoms with Gasteiger partial charge in [0.2, 0.25) is 5.91 Å². The molecule has 0 aliphatic carbocycles. The van der Waals surface area contributed by atoms with Gasteiger partial charge in [0, 0.05) is 13.5 Å². The van der Waals surface area contributed by atoms with E-state index in [-0.39, 0.29) is 5.91 Å². The second-order valence-corrected chi connectivity index (χ2v) is 5.30. The van der Waals surface area contributed by atoms with Crippen molar-refractivity contribution in [3.8, 4) is 0 Å². The van der Waals surface area contributed by atoms with E-state index in [9.17, 15) is 4.79 Å². The average Bonchev–Trinajstić information content (AvgIpc) is 2.50. The molecule has 21 heavy (non-hydrogen) atoms. The van der Waals surface area contributed by atoms with Crippen molar-refractivity contribution in [1.29, 1.82) is 0 Å². The van der Waals surface area contributed by atoms with E-state index in [2.05, 4.69) is 48.7 Å². The number of carbonyl (C=O) groups is 1. The van der Waals surface area contributed by atoms with Gasteiger partial charge in [-0.25, -0.2) is 0 Å². The molecule has 0 radical (unpaired) electrons. The van der Waals surface area contributed by atoms with Crippen LogP contribution in [-0.4, -0.2) is 13.0 Å². The third-order valence-electron chi connectivity index (χ3n) is 3.32. The van der Waals surface area contributed by atoms with Crippen molar-refractivity contribution in [1.82, 2.24) is 5.32 Å². The normalized spacial score (nSPS) is 11.9. The van der Waals surface area contributed by atoms with Crippen molar-refractivity contribution >= 4 is 5.91 Å². The van der Waals surface area contributed by atoms with E-state index in [0.29, 0.717) is 6.42 Å². The summed E-state index contributed by atoms with van der Waals surface area (Å²) in [6, 6.07) is 0. The molecule has 0 spiro atoms. The number of hydrogen-bond acceptors (Lipinski definition) is 1. The first kappa shape index (κ1) is 19.7.